The molecule has 1 aromatic rings. The fourth-order valence-electron chi connectivity index (χ4n) is 2.13. The molecule has 0 radical (unpaired) electrons. The molecule has 2 rings (SSSR count). The number of benzene rings is 1. The molecule has 1 aliphatic heterocycles. The van der Waals surface area contributed by atoms with Crippen LogP contribution in [0.1, 0.15) is 19.3 Å². The number of carbonyl (C=O) groups is 1. The molecule has 0 atom stereocenters. The third kappa shape index (κ3) is 4.84. The second-order valence-electron chi connectivity index (χ2n) is 4.46. The van der Waals surface area contributed by atoms with Gasteiger partial charge >= 0.3 is 0 Å². The molecule has 1 aromatic carbocycles. The number of piperidine rings is 1. The van der Waals surface area contributed by atoms with E-state index >= 15 is 0 Å². The summed E-state index contributed by atoms with van der Waals surface area (Å²) < 4.78 is 0. The Bertz CT molecular complexity index is 392. The lowest BCUT2D eigenvalue weighted by Gasteiger charge is -2.21. The standard InChI is InChI=1S/C13H17ClN2O.ClH/c14-11-2-1-3-12(9-11)16-13(17)8-10-4-6-15-7-5-10;/h1-3,9-10,15H,4-8H2,(H,16,17);1H. The smallest absolute Gasteiger partial charge is 0.224 e. The van der Waals surface area contributed by atoms with E-state index in [2.05, 4.69) is 10.6 Å². The van der Waals surface area contributed by atoms with Crippen LogP contribution in [0.15, 0.2) is 24.3 Å². The zero-order valence-electron chi connectivity index (χ0n) is 10.1. The van der Waals surface area contributed by atoms with E-state index in [-0.39, 0.29) is 18.3 Å². The molecule has 1 saturated heterocycles. The molecule has 2 N–H and O–H groups in total. The second kappa shape index (κ2) is 7.62. The van der Waals surface area contributed by atoms with Gasteiger partial charge in [-0.15, -0.1) is 12.4 Å². The van der Waals surface area contributed by atoms with Crippen LogP contribution < -0.4 is 10.6 Å². The first-order valence-electron chi connectivity index (χ1n) is 6.00. The number of anilines is 1. The van der Waals surface area contributed by atoms with E-state index in [0.717, 1.165) is 31.6 Å². The summed E-state index contributed by atoms with van der Waals surface area (Å²) in [7, 11) is 0. The van der Waals surface area contributed by atoms with Crippen LogP contribution >= 0.6 is 24.0 Å². The minimum atomic E-state index is 0. The summed E-state index contributed by atoms with van der Waals surface area (Å²) in [6.45, 7) is 2.05. The number of carbonyl (C=O) groups excluding carboxylic acids is 1. The van der Waals surface area contributed by atoms with Crippen molar-refractivity contribution in [1.82, 2.24) is 5.32 Å². The zero-order valence-corrected chi connectivity index (χ0v) is 11.7. The Balaban J connectivity index is 0.00000162. The summed E-state index contributed by atoms with van der Waals surface area (Å²) in [6, 6.07) is 7.25. The Labute approximate surface area is 119 Å². The quantitative estimate of drug-likeness (QED) is 0.897. The summed E-state index contributed by atoms with van der Waals surface area (Å²) in [4.78, 5) is 11.8. The fraction of sp³-hybridized carbons (Fsp3) is 0.462. The number of nitrogens with one attached hydrogen (secondary N) is 2. The largest absolute Gasteiger partial charge is 0.326 e. The van der Waals surface area contributed by atoms with Gasteiger partial charge in [0.25, 0.3) is 0 Å². The fourth-order valence-corrected chi connectivity index (χ4v) is 2.32. The number of halogens is 2. The van der Waals surface area contributed by atoms with Gasteiger partial charge in [0.1, 0.15) is 0 Å². The van der Waals surface area contributed by atoms with Gasteiger partial charge in [-0.1, -0.05) is 17.7 Å². The normalized spacial score (nSPS) is 15.8. The van der Waals surface area contributed by atoms with Crippen LogP contribution in [0, 0.1) is 5.92 Å². The Hall–Kier alpha value is -0.770. The SMILES string of the molecule is Cl.O=C(CC1CCNCC1)Nc1cccc(Cl)c1. The molecule has 0 unspecified atom stereocenters. The van der Waals surface area contributed by atoms with Crippen LogP contribution in [0.4, 0.5) is 5.69 Å². The van der Waals surface area contributed by atoms with Crippen molar-refractivity contribution in [3.63, 3.8) is 0 Å². The average Bonchev–Trinajstić information content (AvgIpc) is 2.30. The lowest BCUT2D eigenvalue weighted by molar-refractivity contribution is -0.117. The van der Waals surface area contributed by atoms with Crippen molar-refractivity contribution in [3.05, 3.63) is 29.3 Å². The number of rotatable bonds is 3. The summed E-state index contributed by atoms with van der Waals surface area (Å²) in [6.07, 6.45) is 2.78. The Morgan fingerprint density at radius 3 is 2.78 bits per heavy atom. The minimum Gasteiger partial charge on any atom is -0.326 e. The Morgan fingerprint density at radius 2 is 2.11 bits per heavy atom. The zero-order chi connectivity index (χ0) is 12.1. The molecule has 1 aliphatic rings. The number of hydrogen-bond donors (Lipinski definition) is 2. The lowest BCUT2D eigenvalue weighted by atomic mass is 9.94. The average molecular weight is 289 g/mol. The molecule has 0 aliphatic carbocycles. The van der Waals surface area contributed by atoms with E-state index in [4.69, 9.17) is 11.6 Å². The predicted molar refractivity (Wildman–Crippen MR) is 77.5 cm³/mol. The van der Waals surface area contributed by atoms with Crippen LogP contribution in [0.2, 0.25) is 5.02 Å². The molecule has 0 spiro atoms. The predicted octanol–water partition coefficient (Wildman–Crippen LogP) is 3.09. The molecule has 0 saturated carbocycles. The first kappa shape index (κ1) is 15.3. The van der Waals surface area contributed by atoms with E-state index in [9.17, 15) is 4.79 Å². The van der Waals surface area contributed by atoms with Crippen molar-refractivity contribution >= 4 is 35.6 Å². The highest BCUT2D eigenvalue weighted by Gasteiger charge is 2.16. The molecule has 3 nitrogen and oxygen atoms in total. The van der Waals surface area contributed by atoms with Gasteiger partial charge < -0.3 is 10.6 Å². The van der Waals surface area contributed by atoms with Crippen molar-refractivity contribution in [2.45, 2.75) is 19.3 Å². The monoisotopic (exact) mass is 288 g/mol. The maximum atomic E-state index is 11.8. The van der Waals surface area contributed by atoms with Gasteiger partial charge in [0.05, 0.1) is 0 Å². The second-order valence-corrected chi connectivity index (χ2v) is 4.89. The molecule has 5 heteroatoms. The summed E-state index contributed by atoms with van der Waals surface area (Å²) >= 11 is 5.86. The Kier molecular flexibility index (Phi) is 6.47. The maximum Gasteiger partial charge on any atom is 0.224 e. The van der Waals surface area contributed by atoms with Crippen molar-refractivity contribution in [1.29, 1.82) is 0 Å². The molecule has 0 aromatic heterocycles. The molecule has 1 heterocycles. The van der Waals surface area contributed by atoms with Crippen molar-refractivity contribution in [2.75, 3.05) is 18.4 Å². The highest BCUT2D eigenvalue weighted by Crippen LogP contribution is 2.18. The van der Waals surface area contributed by atoms with E-state index < -0.39 is 0 Å². The van der Waals surface area contributed by atoms with Crippen molar-refractivity contribution in [2.24, 2.45) is 5.92 Å². The third-order valence-electron chi connectivity index (χ3n) is 3.04. The molecular formula is C13H18Cl2N2O. The first-order valence-corrected chi connectivity index (χ1v) is 6.38. The molecular weight excluding hydrogens is 271 g/mol. The summed E-state index contributed by atoms with van der Waals surface area (Å²) in [5.41, 5.74) is 0.774. The van der Waals surface area contributed by atoms with Crippen molar-refractivity contribution < 1.29 is 4.79 Å². The minimum absolute atomic E-state index is 0. The van der Waals surface area contributed by atoms with Gasteiger partial charge in [0.15, 0.2) is 0 Å². The van der Waals surface area contributed by atoms with Crippen LogP contribution in [-0.4, -0.2) is 19.0 Å². The maximum absolute atomic E-state index is 11.8. The van der Waals surface area contributed by atoms with Crippen LogP contribution in [0.5, 0.6) is 0 Å². The van der Waals surface area contributed by atoms with Gasteiger partial charge in [0, 0.05) is 17.1 Å². The topological polar surface area (TPSA) is 41.1 Å². The Morgan fingerprint density at radius 1 is 1.39 bits per heavy atom. The van der Waals surface area contributed by atoms with Crippen LogP contribution in [0.25, 0.3) is 0 Å². The molecule has 18 heavy (non-hydrogen) atoms. The first-order chi connectivity index (χ1) is 8.24. The van der Waals surface area contributed by atoms with Crippen LogP contribution in [0.3, 0.4) is 0 Å². The molecule has 100 valence electrons. The van der Waals surface area contributed by atoms with Gasteiger partial charge in [-0.2, -0.15) is 0 Å². The highest BCUT2D eigenvalue weighted by molar-refractivity contribution is 6.30. The number of amides is 1. The summed E-state index contributed by atoms with van der Waals surface area (Å²) in [5, 5.41) is 6.83. The van der Waals surface area contributed by atoms with E-state index in [1.54, 1.807) is 12.1 Å². The molecule has 1 amide bonds. The molecule has 0 bridgehead atoms. The van der Waals surface area contributed by atoms with Gasteiger partial charge in [-0.05, 0) is 50.0 Å². The lowest BCUT2D eigenvalue weighted by Crippen LogP contribution is -2.30. The van der Waals surface area contributed by atoms with E-state index in [1.165, 1.54) is 0 Å². The van der Waals surface area contributed by atoms with Crippen molar-refractivity contribution in [3.8, 4) is 0 Å². The van der Waals surface area contributed by atoms with Gasteiger partial charge in [-0.3, -0.25) is 4.79 Å². The highest BCUT2D eigenvalue weighted by atomic mass is 35.5. The van der Waals surface area contributed by atoms with E-state index in [1.807, 2.05) is 12.1 Å². The molecule has 1 fully saturated rings. The van der Waals surface area contributed by atoms with Crippen LogP contribution in [-0.2, 0) is 4.79 Å². The van der Waals surface area contributed by atoms with Gasteiger partial charge in [-0.25, -0.2) is 0 Å². The van der Waals surface area contributed by atoms with Gasteiger partial charge in [0.2, 0.25) is 5.91 Å². The van der Waals surface area contributed by atoms with E-state index in [0.29, 0.717) is 17.4 Å². The third-order valence-corrected chi connectivity index (χ3v) is 3.28. The number of hydrogen-bond acceptors (Lipinski definition) is 2. The summed E-state index contributed by atoms with van der Waals surface area (Å²) in [5.74, 6) is 0.592.